The van der Waals surface area contributed by atoms with Crippen LogP contribution in [0.25, 0.3) is 0 Å². The number of likely N-dealkylation sites (tertiary alicyclic amines) is 1. The highest BCUT2D eigenvalue weighted by atomic mass is 16.5. The average molecular weight is 200 g/mol. The molecule has 0 saturated carbocycles. The molecule has 1 fully saturated rings. The van der Waals surface area contributed by atoms with Gasteiger partial charge in [0.25, 0.3) is 0 Å². The van der Waals surface area contributed by atoms with Gasteiger partial charge in [-0.2, -0.15) is 0 Å². The highest BCUT2D eigenvalue weighted by molar-refractivity contribution is 5.73. The molecule has 1 aliphatic heterocycles. The Morgan fingerprint density at radius 1 is 1.71 bits per heavy atom. The molecule has 4 heteroatoms. The van der Waals surface area contributed by atoms with E-state index in [1.165, 1.54) is 7.11 Å². The normalized spacial score (nSPS) is 24.9. The number of nitrogens with zero attached hydrogens (tertiary/aromatic N) is 1. The first-order valence-electron chi connectivity index (χ1n) is 5.23. The molecule has 2 atom stereocenters. The van der Waals surface area contributed by atoms with Crippen molar-refractivity contribution in [1.82, 2.24) is 4.90 Å². The highest BCUT2D eigenvalue weighted by Gasteiger charge is 2.32. The van der Waals surface area contributed by atoms with E-state index in [0.29, 0.717) is 12.5 Å². The van der Waals surface area contributed by atoms with E-state index >= 15 is 0 Å². The van der Waals surface area contributed by atoms with E-state index in [0.717, 1.165) is 26.1 Å². The number of carbonyl (C=O) groups excluding carboxylic acids is 1. The van der Waals surface area contributed by atoms with Crippen LogP contribution in [-0.2, 0) is 9.53 Å². The standard InChI is InChI=1S/C10H20N2O2/c1-3-12-5-4-8(7-12)9(6-11)10(13)14-2/h8-9H,3-7,11H2,1-2H3. The first-order valence-corrected chi connectivity index (χ1v) is 5.23. The van der Waals surface area contributed by atoms with Gasteiger partial charge in [0.05, 0.1) is 13.0 Å². The molecule has 0 radical (unpaired) electrons. The molecule has 82 valence electrons. The number of esters is 1. The van der Waals surface area contributed by atoms with Crippen molar-refractivity contribution in [2.45, 2.75) is 13.3 Å². The molecule has 1 saturated heterocycles. The third kappa shape index (κ3) is 2.45. The van der Waals surface area contributed by atoms with Crippen molar-refractivity contribution in [1.29, 1.82) is 0 Å². The van der Waals surface area contributed by atoms with E-state index < -0.39 is 0 Å². The highest BCUT2D eigenvalue weighted by Crippen LogP contribution is 2.24. The molecule has 0 bridgehead atoms. The summed E-state index contributed by atoms with van der Waals surface area (Å²) in [5.41, 5.74) is 5.60. The molecule has 0 aromatic heterocycles. The Labute approximate surface area is 85.4 Å². The van der Waals surface area contributed by atoms with Gasteiger partial charge in [0, 0.05) is 13.1 Å². The Morgan fingerprint density at radius 3 is 2.86 bits per heavy atom. The fourth-order valence-electron chi connectivity index (χ4n) is 2.11. The maximum atomic E-state index is 11.4. The summed E-state index contributed by atoms with van der Waals surface area (Å²) in [7, 11) is 1.43. The van der Waals surface area contributed by atoms with Crippen molar-refractivity contribution in [2.24, 2.45) is 17.6 Å². The third-order valence-electron chi connectivity index (χ3n) is 3.08. The summed E-state index contributed by atoms with van der Waals surface area (Å²) in [5.74, 6) is 0.111. The first-order chi connectivity index (χ1) is 6.72. The van der Waals surface area contributed by atoms with Gasteiger partial charge in [-0.25, -0.2) is 0 Å². The van der Waals surface area contributed by atoms with Crippen LogP contribution in [0.5, 0.6) is 0 Å². The second-order valence-electron chi connectivity index (χ2n) is 3.81. The Morgan fingerprint density at radius 2 is 2.43 bits per heavy atom. The molecule has 14 heavy (non-hydrogen) atoms. The predicted octanol–water partition coefficient (Wildman–Crippen LogP) is 0.0761. The van der Waals surface area contributed by atoms with Gasteiger partial charge in [-0.1, -0.05) is 6.92 Å². The molecule has 2 N–H and O–H groups in total. The van der Waals surface area contributed by atoms with Gasteiger partial charge in [0.2, 0.25) is 0 Å². The van der Waals surface area contributed by atoms with Crippen molar-refractivity contribution >= 4 is 5.97 Å². The molecule has 0 amide bonds. The zero-order chi connectivity index (χ0) is 10.6. The lowest BCUT2D eigenvalue weighted by molar-refractivity contribution is -0.146. The topological polar surface area (TPSA) is 55.6 Å². The van der Waals surface area contributed by atoms with Gasteiger partial charge in [-0.15, -0.1) is 0 Å². The molecule has 2 unspecified atom stereocenters. The number of hydrogen-bond donors (Lipinski definition) is 1. The predicted molar refractivity (Wildman–Crippen MR) is 54.8 cm³/mol. The van der Waals surface area contributed by atoms with Crippen molar-refractivity contribution in [3.05, 3.63) is 0 Å². The van der Waals surface area contributed by atoms with Crippen molar-refractivity contribution in [2.75, 3.05) is 33.3 Å². The van der Waals surface area contributed by atoms with Crippen molar-refractivity contribution in [3.8, 4) is 0 Å². The van der Waals surface area contributed by atoms with E-state index in [4.69, 9.17) is 10.5 Å². The van der Waals surface area contributed by atoms with Gasteiger partial charge in [0.1, 0.15) is 0 Å². The number of hydrogen-bond acceptors (Lipinski definition) is 4. The van der Waals surface area contributed by atoms with Crippen LogP contribution in [-0.4, -0.2) is 44.2 Å². The molecule has 0 spiro atoms. The average Bonchev–Trinajstić information content (AvgIpc) is 2.67. The summed E-state index contributed by atoms with van der Waals surface area (Å²) in [6.45, 7) is 5.64. The Bertz CT molecular complexity index is 197. The molecule has 0 aromatic rings. The van der Waals surface area contributed by atoms with Crippen LogP contribution >= 0.6 is 0 Å². The zero-order valence-electron chi connectivity index (χ0n) is 9.03. The van der Waals surface area contributed by atoms with Gasteiger partial charge in [-0.3, -0.25) is 4.79 Å². The summed E-state index contributed by atoms with van der Waals surface area (Å²) < 4.78 is 4.75. The molecule has 1 heterocycles. The van der Waals surface area contributed by atoms with Crippen molar-refractivity contribution in [3.63, 3.8) is 0 Å². The number of ether oxygens (including phenoxy) is 1. The summed E-state index contributed by atoms with van der Waals surface area (Å²) in [6, 6.07) is 0. The molecule has 1 aliphatic rings. The largest absolute Gasteiger partial charge is 0.469 e. The van der Waals surface area contributed by atoms with Crippen LogP contribution in [0.2, 0.25) is 0 Å². The van der Waals surface area contributed by atoms with E-state index in [9.17, 15) is 4.79 Å². The second kappa shape index (κ2) is 5.32. The van der Waals surface area contributed by atoms with Crippen LogP contribution in [0.3, 0.4) is 0 Å². The van der Waals surface area contributed by atoms with Gasteiger partial charge < -0.3 is 15.4 Å². The van der Waals surface area contributed by atoms with Gasteiger partial charge in [0.15, 0.2) is 0 Å². The zero-order valence-corrected chi connectivity index (χ0v) is 9.03. The lowest BCUT2D eigenvalue weighted by Crippen LogP contribution is -2.33. The minimum absolute atomic E-state index is 0.114. The Kier molecular flexibility index (Phi) is 4.35. The maximum Gasteiger partial charge on any atom is 0.310 e. The number of carbonyl (C=O) groups is 1. The summed E-state index contributed by atoms with van der Waals surface area (Å²) >= 11 is 0. The Balaban J connectivity index is 2.50. The van der Waals surface area contributed by atoms with Crippen LogP contribution in [0.15, 0.2) is 0 Å². The quantitative estimate of drug-likeness (QED) is 0.653. The lowest BCUT2D eigenvalue weighted by Gasteiger charge is -2.19. The lowest BCUT2D eigenvalue weighted by atomic mass is 9.92. The maximum absolute atomic E-state index is 11.4. The number of rotatable bonds is 4. The third-order valence-corrected chi connectivity index (χ3v) is 3.08. The van der Waals surface area contributed by atoms with Crippen LogP contribution in [0.1, 0.15) is 13.3 Å². The molecular formula is C10H20N2O2. The smallest absolute Gasteiger partial charge is 0.310 e. The molecule has 1 rings (SSSR count). The van der Waals surface area contributed by atoms with Gasteiger partial charge >= 0.3 is 5.97 Å². The molecule has 4 nitrogen and oxygen atoms in total. The molecule has 0 aliphatic carbocycles. The van der Waals surface area contributed by atoms with E-state index in [1.807, 2.05) is 0 Å². The fourth-order valence-corrected chi connectivity index (χ4v) is 2.11. The van der Waals surface area contributed by atoms with E-state index in [-0.39, 0.29) is 11.9 Å². The first kappa shape index (κ1) is 11.5. The summed E-state index contributed by atoms with van der Waals surface area (Å²) in [6.07, 6.45) is 1.06. The number of methoxy groups -OCH3 is 1. The SMILES string of the molecule is CCN1CCC(C(CN)C(=O)OC)C1. The van der Waals surface area contributed by atoms with Gasteiger partial charge in [-0.05, 0) is 25.4 Å². The molecule has 0 aromatic carbocycles. The minimum atomic E-state index is -0.157. The molecular weight excluding hydrogens is 180 g/mol. The number of nitrogens with two attached hydrogens (primary N) is 1. The van der Waals surface area contributed by atoms with E-state index in [2.05, 4.69) is 11.8 Å². The van der Waals surface area contributed by atoms with Crippen LogP contribution in [0.4, 0.5) is 0 Å². The fraction of sp³-hybridized carbons (Fsp3) is 0.900. The summed E-state index contributed by atoms with van der Waals surface area (Å²) in [5, 5.41) is 0. The monoisotopic (exact) mass is 200 g/mol. The Hall–Kier alpha value is -0.610. The van der Waals surface area contributed by atoms with Crippen LogP contribution < -0.4 is 5.73 Å². The summed E-state index contributed by atoms with van der Waals surface area (Å²) in [4.78, 5) is 13.7. The second-order valence-corrected chi connectivity index (χ2v) is 3.81. The van der Waals surface area contributed by atoms with Crippen molar-refractivity contribution < 1.29 is 9.53 Å². The minimum Gasteiger partial charge on any atom is -0.469 e. The van der Waals surface area contributed by atoms with E-state index in [1.54, 1.807) is 0 Å². The van der Waals surface area contributed by atoms with Crippen LogP contribution in [0, 0.1) is 11.8 Å².